The lowest BCUT2D eigenvalue weighted by Crippen LogP contribution is -2.40. The average molecular weight is 365 g/mol. The van der Waals surface area contributed by atoms with Gasteiger partial charge in [0.15, 0.2) is 11.7 Å². The first-order chi connectivity index (χ1) is 12.0. The fourth-order valence-corrected chi connectivity index (χ4v) is 2.30. The van der Waals surface area contributed by atoms with E-state index in [0.717, 1.165) is 23.2 Å². The molecule has 0 saturated carbocycles. The van der Waals surface area contributed by atoms with Crippen LogP contribution in [-0.4, -0.2) is 43.3 Å². The number of benzene rings is 1. The Balaban J connectivity index is 1.77. The summed E-state index contributed by atoms with van der Waals surface area (Å²) in [5.41, 5.74) is 0.955. The summed E-state index contributed by atoms with van der Waals surface area (Å²) in [7, 11) is 3.71. The zero-order valence-electron chi connectivity index (χ0n) is 15.1. The molecule has 0 bridgehead atoms. The highest BCUT2D eigenvalue weighted by atomic mass is 35.5. The molecule has 0 radical (unpaired) electrons. The largest absolute Gasteiger partial charge is 0.492 e. The van der Waals surface area contributed by atoms with Gasteiger partial charge in [0, 0.05) is 25.2 Å². The molecule has 0 saturated heterocycles. The van der Waals surface area contributed by atoms with Crippen LogP contribution in [0.2, 0.25) is 5.02 Å². The maximum atomic E-state index is 5.86. The molecule has 0 spiro atoms. The molecule has 0 amide bonds. The van der Waals surface area contributed by atoms with Crippen molar-refractivity contribution < 1.29 is 9.26 Å². The van der Waals surface area contributed by atoms with E-state index in [4.69, 9.17) is 20.9 Å². The van der Waals surface area contributed by atoms with Gasteiger partial charge in [-0.1, -0.05) is 30.6 Å². The second kappa shape index (κ2) is 9.32. The fraction of sp³-hybridized carbons (Fsp3) is 0.444. The van der Waals surface area contributed by atoms with Crippen LogP contribution in [0.5, 0.6) is 5.75 Å². The molecule has 1 aromatic heterocycles. The van der Waals surface area contributed by atoms with Gasteiger partial charge in [-0.15, -0.1) is 0 Å². The van der Waals surface area contributed by atoms with Gasteiger partial charge in [0.1, 0.15) is 12.4 Å². The monoisotopic (exact) mass is 364 g/mol. The van der Waals surface area contributed by atoms with Crippen LogP contribution in [0, 0.1) is 0 Å². The topological polar surface area (TPSA) is 62.9 Å². The zero-order valence-corrected chi connectivity index (χ0v) is 15.9. The van der Waals surface area contributed by atoms with Crippen LogP contribution in [-0.2, 0) is 6.54 Å². The van der Waals surface area contributed by atoms with Crippen molar-refractivity contribution in [3.8, 4) is 5.75 Å². The Kier molecular flexibility index (Phi) is 7.13. The molecular weight excluding hydrogens is 340 g/mol. The van der Waals surface area contributed by atoms with Gasteiger partial charge in [0.2, 0.25) is 0 Å². The molecule has 0 aliphatic rings. The lowest BCUT2D eigenvalue weighted by molar-refractivity contribution is 0.280. The molecule has 0 aliphatic heterocycles. The average Bonchev–Trinajstić information content (AvgIpc) is 3.06. The third kappa shape index (κ3) is 5.98. The van der Waals surface area contributed by atoms with Gasteiger partial charge in [0.05, 0.1) is 18.8 Å². The van der Waals surface area contributed by atoms with Crippen LogP contribution in [0.15, 0.2) is 39.8 Å². The van der Waals surface area contributed by atoms with Gasteiger partial charge in [-0.3, -0.25) is 4.99 Å². The first kappa shape index (κ1) is 19.1. The van der Waals surface area contributed by atoms with Crippen molar-refractivity contribution >= 4 is 17.6 Å². The van der Waals surface area contributed by atoms with Crippen LogP contribution in [0.4, 0.5) is 0 Å². The van der Waals surface area contributed by atoms with Gasteiger partial charge in [-0.05, 0) is 30.2 Å². The van der Waals surface area contributed by atoms with Crippen LogP contribution in [0.1, 0.15) is 31.2 Å². The summed E-state index contributed by atoms with van der Waals surface area (Å²) in [5, 5.41) is 8.02. The number of nitrogens with zero attached hydrogens (tertiary/aromatic N) is 3. The Labute approximate surface area is 153 Å². The highest BCUT2D eigenvalue weighted by Crippen LogP contribution is 2.15. The molecule has 7 heteroatoms. The summed E-state index contributed by atoms with van der Waals surface area (Å²) in [5.74, 6) is 2.70. The van der Waals surface area contributed by atoms with Gasteiger partial charge in [-0.2, -0.15) is 0 Å². The molecule has 2 rings (SSSR count). The number of hydrogen-bond acceptors (Lipinski definition) is 4. The van der Waals surface area contributed by atoms with Crippen molar-refractivity contribution in [2.45, 2.75) is 26.3 Å². The molecular formula is C18H25ClN4O2. The molecule has 2 aromatic rings. The Bertz CT molecular complexity index is 683. The molecule has 6 nitrogen and oxygen atoms in total. The van der Waals surface area contributed by atoms with E-state index < -0.39 is 0 Å². The number of likely N-dealkylation sites (N-methyl/N-ethyl adjacent to an activating group) is 1. The van der Waals surface area contributed by atoms with Crippen molar-refractivity contribution in [2.24, 2.45) is 4.99 Å². The van der Waals surface area contributed by atoms with E-state index in [1.165, 1.54) is 0 Å². The van der Waals surface area contributed by atoms with Crippen molar-refractivity contribution in [3.05, 3.63) is 46.8 Å². The van der Waals surface area contributed by atoms with E-state index in [0.29, 0.717) is 30.6 Å². The van der Waals surface area contributed by atoms with Crippen LogP contribution in [0.25, 0.3) is 0 Å². The smallest absolute Gasteiger partial charge is 0.193 e. The molecule has 0 aliphatic carbocycles. The number of aliphatic imine (C=N–C) groups is 1. The maximum Gasteiger partial charge on any atom is 0.193 e. The van der Waals surface area contributed by atoms with Crippen LogP contribution >= 0.6 is 11.6 Å². The molecule has 0 unspecified atom stereocenters. The highest BCUT2D eigenvalue weighted by Gasteiger charge is 2.10. The summed E-state index contributed by atoms with van der Waals surface area (Å²) < 4.78 is 11.0. The van der Waals surface area contributed by atoms with E-state index in [1.54, 1.807) is 7.05 Å². The molecule has 136 valence electrons. The van der Waals surface area contributed by atoms with E-state index >= 15 is 0 Å². The minimum absolute atomic E-state index is 0.351. The molecule has 1 N–H and O–H groups in total. The van der Waals surface area contributed by atoms with Crippen LogP contribution < -0.4 is 10.1 Å². The standard InChI is InChI=1S/C18H25ClN4O2/c1-13(2)17-11-16(25-22-17)12-21-18(20-3)23(4)9-10-24-15-7-5-14(19)6-8-15/h5-8,11,13H,9-10,12H2,1-4H3,(H,20,21). The summed E-state index contributed by atoms with van der Waals surface area (Å²) in [6.45, 7) is 5.94. The minimum Gasteiger partial charge on any atom is -0.492 e. The van der Waals surface area contributed by atoms with E-state index in [1.807, 2.05) is 42.3 Å². The van der Waals surface area contributed by atoms with E-state index in [-0.39, 0.29) is 0 Å². The van der Waals surface area contributed by atoms with Crippen LogP contribution in [0.3, 0.4) is 0 Å². The zero-order chi connectivity index (χ0) is 18.2. The van der Waals surface area contributed by atoms with Crippen molar-refractivity contribution in [2.75, 3.05) is 27.2 Å². The lowest BCUT2D eigenvalue weighted by Gasteiger charge is -2.21. The summed E-state index contributed by atoms with van der Waals surface area (Å²) in [6, 6.07) is 9.29. The third-order valence-electron chi connectivity index (χ3n) is 3.67. The predicted octanol–water partition coefficient (Wildman–Crippen LogP) is 3.54. The number of hydrogen-bond donors (Lipinski definition) is 1. The predicted molar refractivity (Wildman–Crippen MR) is 100 cm³/mol. The number of aromatic nitrogens is 1. The molecule has 0 atom stereocenters. The van der Waals surface area contributed by atoms with E-state index in [2.05, 4.69) is 29.3 Å². The molecule has 25 heavy (non-hydrogen) atoms. The fourth-order valence-electron chi connectivity index (χ4n) is 2.17. The minimum atomic E-state index is 0.351. The number of nitrogens with one attached hydrogen (secondary N) is 1. The molecule has 1 aromatic carbocycles. The first-order valence-corrected chi connectivity index (χ1v) is 8.63. The summed E-state index contributed by atoms with van der Waals surface area (Å²) >= 11 is 5.86. The van der Waals surface area contributed by atoms with Crippen molar-refractivity contribution in [1.29, 1.82) is 0 Å². The SMILES string of the molecule is CN=C(NCc1cc(C(C)C)no1)N(C)CCOc1ccc(Cl)cc1. The highest BCUT2D eigenvalue weighted by molar-refractivity contribution is 6.30. The Morgan fingerprint density at radius 2 is 2.08 bits per heavy atom. The second-order valence-corrected chi connectivity index (χ2v) is 6.43. The Hall–Kier alpha value is -2.21. The number of rotatable bonds is 7. The second-order valence-electron chi connectivity index (χ2n) is 6.00. The molecule has 0 fully saturated rings. The normalized spacial score (nSPS) is 11.7. The third-order valence-corrected chi connectivity index (χ3v) is 3.92. The first-order valence-electron chi connectivity index (χ1n) is 8.25. The Morgan fingerprint density at radius 3 is 2.68 bits per heavy atom. The van der Waals surface area contributed by atoms with Crippen molar-refractivity contribution in [1.82, 2.24) is 15.4 Å². The summed E-state index contributed by atoms with van der Waals surface area (Å²) in [6.07, 6.45) is 0. The number of halogens is 1. The number of ether oxygens (including phenoxy) is 1. The van der Waals surface area contributed by atoms with Crippen molar-refractivity contribution in [3.63, 3.8) is 0 Å². The van der Waals surface area contributed by atoms with Gasteiger partial charge < -0.3 is 19.5 Å². The van der Waals surface area contributed by atoms with Gasteiger partial charge in [0.25, 0.3) is 0 Å². The Morgan fingerprint density at radius 1 is 1.36 bits per heavy atom. The summed E-state index contributed by atoms with van der Waals surface area (Å²) in [4.78, 5) is 6.27. The van der Waals surface area contributed by atoms with Gasteiger partial charge in [-0.25, -0.2) is 0 Å². The van der Waals surface area contributed by atoms with Gasteiger partial charge >= 0.3 is 0 Å². The van der Waals surface area contributed by atoms with E-state index in [9.17, 15) is 0 Å². The number of guanidine groups is 1. The quantitative estimate of drug-likeness (QED) is 0.601. The maximum absolute atomic E-state index is 5.86. The molecule has 1 heterocycles. The lowest BCUT2D eigenvalue weighted by atomic mass is 10.1.